The maximum Gasteiger partial charge on any atom is 0.123 e. The molecule has 2 aromatic carbocycles. The standard InChI is InChI=1S/C17H17NO2/c1-18-11-13(16-8-3-4-9-17(16)18)12-20-15-7-5-6-14(10-15)19-2/h3-11H,12H2,1-2H3. The predicted molar refractivity (Wildman–Crippen MR) is 80.2 cm³/mol. The Bertz CT molecular complexity index is 731. The molecule has 0 spiro atoms. The minimum Gasteiger partial charge on any atom is -0.497 e. The van der Waals surface area contributed by atoms with E-state index in [1.807, 2.05) is 24.3 Å². The van der Waals surface area contributed by atoms with E-state index in [0.717, 1.165) is 11.5 Å². The zero-order valence-electron chi connectivity index (χ0n) is 11.7. The zero-order chi connectivity index (χ0) is 13.9. The van der Waals surface area contributed by atoms with Crippen LogP contribution in [0, 0.1) is 0 Å². The third-order valence-corrected chi connectivity index (χ3v) is 3.42. The van der Waals surface area contributed by atoms with Crippen LogP contribution in [0.5, 0.6) is 11.5 Å². The number of nitrogens with zero attached hydrogens (tertiary/aromatic N) is 1. The fraction of sp³-hybridized carbons (Fsp3) is 0.176. The zero-order valence-corrected chi connectivity index (χ0v) is 11.7. The Labute approximate surface area is 118 Å². The Morgan fingerprint density at radius 2 is 1.80 bits per heavy atom. The van der Waals surface area contributed by atoms with Crippen molar-refractivity contribution in [3.63, 3.8) is 0 Å². The van der Waals surface area contributed by atoms with Crippen LogP contribution < -0.4 is 9.47 Å². The topological polar surface area (TPSA) is 23.4 Å². The number of aromatic nitrogens is 1. The summed E-state index contributed by atoms with van der Waals surface area (Å²) in [5, 5.41) is 1.23. The van der Waals surface area contributed by atoms with Gasteiger partial charge in [-0.05, 0) is 18.2 Å². The lowest BCUT2D eigenvalue weighted by Crippen LogP contribution is -1.95. The van der Waals surface area contributed by atoms with Crippen molar-refractivity contribution in [3.05, 3.63) is 60.3 Å². The summed E-state index contributed by atoms with van der Waals surface area (Å²) in [6.07, 6.45) is 2.12. The van der Waals surface area contributed by atoms with Crippen molar-refractivity contribution in [1.82, 2.24) is 4.57 Å². The molecule has 0 fully saturated rings. The lowest BCUT2D eigenvalue weighted by molar-refractivity contribution is 0.305. The Morgan fingerprint density at radius 1 is 1.00 bits per heavy atom. The molecule has 20 heavy (non-hydrogen) atoms. The summed E-state index contributed by atoms with van der Waals surface area (Å²) in [5.41, 5.74) is 2.41. The van der Waals surface area contributed by atoms with Crippen molar-refractivity contribution in [2.75, 3.05) is 7.11 Å². The number of hydrogen-bond donors (Lipinski definition) is 0. The molecule has 0 bridgehead atoms. The SMILES string of the molecule is COc1cccc(OCc2cn(C)c3ccccc23)c1. The average Bonchev–Trinajstić information content (AvgIpc) is 2.82. The predicted octanol–water partition coefficient (Wildman–Crippen LogP) is 3.77. The van der Waals surface area contributed by atoms with E-state index in [1.54, 1.807) is 7.11 Å². The van der Waals surface area contributed by atoms with Gasteiger partial charge in [-0.15, -0.1) is 0 Å². The number of ether oxygens (including phenoxy) is 2. The highest BCUT2D eigenvalue weighted by Gasteiger charge is 2.06. The molecular weight excluding hydrogens is 250 g/mol. The van der Waals surface area contributed by atoms with Gasteiger partial charge in [-0.25, -0.2) is 0 Å². The number of benzene rings is 2. The van der Waals surface area contributed by atoms with E-state index < -0.39 is 0 Å². The van der Waals surface area contributed by atoms with Crippen molar-refractivity contribution in [2.24, 2.45) is 7.05 Å². The Balaban J connectivity index is 1.83. The number of hydrogen-bond acceptors (Lipinski definition) is 2. The smallest absolute Gasteiger partial charge is 0.123 e. The molecule has 0 radical (unpaired) electrons. The van der Waals surface area contributed by atoms with Crippen LogP contribution in [0.3, 0.4) is 0 Å². The van der Waals surface area contributed by atoms with E-state index in [-0.39, 0.29) is 0 Å². The van der Waals surface area contributed by atoms with Crippen LogP contribution in [-0.2, 0) is 13.7 Å². The summed E-state index contributed by atoms with van der Waals surface area (Å²) in [7, 11) is 3.71. The van der Waals surface area contributed by atoms with Crippen molar-refractivity contribution >= 4 is 10.9 Å². The highest BCUT2D eigenvalue weighted by Crippen LogP contribution is 2.24. The van der Waals surface area contributed by atoms with Gasteiger partial charge in [0.1, 0.15) is 18.1 Å². The van der Waals surface area contributed by atoms with Crippen LogP contribution in [0.25, 0.3) is 10.9 Å². The van der Waals surface area contributed by atoms with Crippen LogP contribution in [0.1, 0.15) is 5.56 Å². The maximum absolute atomic E-state index is 5.86. The molecule has 0 atom stereocenters. The molecule has 0 aliphatic rings. The molecule has 0 N–H and O–H groups in total. The minimum absolute atomic E-state index is 0.550. The molecule has 3 rings (SSSR count). The minimum atomic E-state index is 0.550. The molecule has 102 valence electrons. The quantitative estimate of drug-likeness (QED) is 0.718. The summed E-state index contributed by atoms with van der Waals surface area (Å²) in [5.74, 6) is 1.62. The van der Waals surface area contributed by atoms with Crippen LogP contribution in [0.15, 0.2) is 54.7 Å². The first-order valence-electron chi connectivity index (χ1n) is 6.58. The molecule has 0 aliphatic carbocycles. The summed E-state index contributed by atoms with van der Waals surface area (Å²) < 4.78 is 13.2. The van der Waals surface area contributed by atoms with Crippen LogP contribution in [0.2, 0.25) is 0 Å². The van der Waals surface area contributed by atoms with Gasteiger partial charge in [0.25, 0.3) is 0 Å². The lowest BCUT2D eigenvalue weighted by atomic mass is 10.2. The van der Waals surface area contributed by atoms with Gasteiger partial charge in [0.15, 0.2) is 0 Å². The Kier molecular flexibility index (Phi) is 3.33. The van der Waals surface area contributed by atoms with Gasteiger partial charge in [0.2, 0.25) is 0 Å². The highest BCUT2D eigenvalue weighted by atomic mass is 16.5. The van der Waals surface area contributed by atoms with Crippen LogP contribution in [0.4, 0.5) is 0 Å². The second-order valence-corrected chi connectivity index (χ2v) is 4.75. The molecule has 3 nitrogen and oxygen atoms in total. The van der Waals surface area contributed by atoms with Crippen molar-refractivity contribution in [2.45, 2.75) is 6.61 Å². The molecule has 0 unspecified atom stereocenters. The van der Waals surface area contributed by atoms with Gasteiger partial charge in [-0.3, -0.25) is 0 Å². The van der Waals surface area contributed by atoms with E-state index in [9.17, 15) is 0 Å². The summed E-state index contributed by atoms with van der Waals surface area (Å²) in [6, 6.07) is 16.0. The summed E-state index contributed by atoms with van der Waals surface area (Å²) in [4.78, 5) is 0. The van der Waals surface area contributed by atoms with E-state index in [1.165, 1.54) is 16.5 Å². The van der Waals surface area contributed by atoms with Gasteiger partial charge < -0.3 is 14.0 Å². The fourth-order valence-corrected chi connectivity index (χ4v) is 2.39. The van der Waals surface area contributed by atoms with Gasteiger partial charge in [0.05, 0.1) is 7.11 Å². The highest BCUT2D eigenvalue weighted by molar-refractivity contribution is 5.83. The van der Waals surface area contributed by atoms with E-state index in [4.69, 9.17) is 9.47 Å². The Morgan fingerprint density at radius 3 is 2.65 bits per heavy atom. The molecule has 0 amide bonds. The number of para-hydroxylation sites is 1. The normalized spacial score (nSPS) is 10.7. The molecule has 0 saturated heterocycles. The summed E-state index contributed by atoms with van der Waals surface area (Å²) in [6.45, 7) is 0.550. The third-order valence-electron chi connectivity index (χ3n) is 3.42. The van der Waals surface area contributed by atoms with Crippen molar-refractivity contribution < 1.29 is 9.47 Å². The molecule has 0 aliphatic heterocycles. The maximum atomic E-state index is 5.86. The molecule has 1 heterocycles. The van der Waals surface area contributed by atoms with Gasteiger partial charge in [-0.2, -0.15) is 0 Å². The number of rotatable bonds is 4. The second kappa shape index (κ2) is 5.29. The Hall–Kier alpha value is -2.42. The lowest BCUT2D eigenvalue weighted by Gasteiger charge is -2.07. The van der Waals surface area contributed by atoms with Gasteiger partial charge in [0, 0.05) is 35.8 Å². The van der Waals surface area contributed by atoms with Crippen molar-refractivity contribution in [3.8, 4) is 11.5 Å². The summed E-state index contributed by atoms with van der Waals surface area (Å²) >= 11 is 0. The second-order valence-electron chi connectivity index (χ2n) is 4.75. The third kappa shape index (κ3) is 2.35. The van der Waals surface area contributed by atoms with E-state index in [0.29, 0.717) is 6.61 Å². The van der Waals surface area contributed by atoms with Gasteiger partial charge in [-0.1, -0.05) is 24.3 Å². The number of aryl methyl sites for hydroxylation is 1. The fourth-order valence-electron chi connectivity index (χ4n) is 2.39. The monoisotopic (exact) mass is 267 g/mol. The molecule has 3 aromatic rings. The van der Waals surface area contributed by atoms with Crippen LogP contribution >= 0.6 is 0 Å². The van der Waals surface area contributed by atoms with Crippen LogP contribution in [-0.4, -0.2) is 11.7 Å². The first-order valence-corrected chi connectivity index (χ1v) is 6.58. The van der Waals surface area contributed by atoms with Gasteiger partial charge >= 0.3 is 0 Å². The first-order chi connectivity index (χ1) is 9.78. The molecule has 1 aromatic heterocycles. The van der Waals surface area contributed by atoms with E-state index in [2.05, 4.69) is 42.1 Å². The molecule has 0 saturated carbocycles. The largest absolute Gasteiger partial charge is 0.497 e. The van der Waals surface area contributed by atoms with E-state index >= 15 is 0 Å². The molecule has 3 heteroatoms. The molecular formula is C17H17NO2. The average molecular weight is 267 g/mol. The van der Waals surface area contributed by atoms with Crippen molar-refractivity contribution in [1.29, 1.82) is 0 Å². The first kappa shape index (κ1) is 12.6. The number of methoxy groups -OCH3 is 1. The number of fused-ring (bicyclic) bond motifs is 1.